The van der Waals surface area contributed by atoms with Gasteiger partial charge in [0.15, 0.2) is 22.8 Å². The largest absolute Gasteiger partial charge is 0.496 e. The zero-order chi connectivity index (χ0) is 19.6. The van der Waals surface area contributed by atoms with E-state index in [9.17, 15) is 4.79 Å². The summed E-state index contributed by atoms with van der Waals surface area (Å²) in [5.41, 5.74) is 0.804. The summed E-state index contributed by atoms with van der Waals surface area (Å²) in [5, 5.41) is 0.248. The summed E-state index contributed by atoms with van der Waals surface area (Å²) in [5.74, 6) is 1.98. The second-order valence-corrected chi connectivity index (χ2v) is 5.54. The quantitative estimate of drug-likeness (QED) is 0.655. The van der Waals surface area contributed by atoms with Crippen LogP contribution >= 0.6 is 0 Å². The number of benzene rings is 2. The molecular weight excluding hydrogens is 352 g/mol. The molecule has 0 aliphatic heterocycles. The molecule has 0 spiro atoms. The highest BCUT2D eigenvalue weighted by molar-refractivity contribution is 5.94. The van der Waals surface area contributed by atoms with Gasteiger partial charge in [-0.1, -0.05) is 12.1 Å². The maximum absolute atomic E-state index is 13.3. The maximum Gasteiger partial charge on any atom is 0.204 e. The molecule has 1 heterocycles. The number of hydrogen-bond acceptors (Lipinski definition) is 7. The number of para-hydroxylation sites is 1. The van der Waals surface area contributed by atoms with Crippen LogP contribution in [0.25, 0.3) is 22.1 Å². The Morgan fingerprint density at radius 3 is 2.00 bits per heavy atom. The standard InChI is InChI=1S/C20H20O7/c1-22-13-8-6-7-11(18(13)25-4)12-10-27-20-16(17(12)21)14(23-2)9-15(24-3)19(20)26-5/h6-10H,1-5H3. The van der Waals surface area contributed by atoms with Crippen LogP contribution < -0.4 is 29.1 Å². The average molecular weight is 372 g/mol. The predicted molar refractivity (Wildman–Crippen MR) is 101 cm³/mol. The van der Waals surface area contributed by atoms with Crippen LogP contribution in [-0.4, -0.2) is 35.5 Å². The Balaban J connectivity index is 2.40. The van der Waals surface area contributed by atoms with Crippen LogP contribution in [0, 0.1) is 0 Å². The van der Waals surface area contributed by atoms with Gasteiger partial charge in [-0.05, 0) is 6.07 Å². The Morgan fingerprint density at radius 1 is 0.741 bits per heavy atom. The first-order valence-corrected chi connectivity index (χ1v) is 8.07. The SMILES string of the molecule is COc1cccc(-c2coc3c(OC)c(OC)cc(OC)c3c2=O)c1OC. The lowest BCUT2D eigenvalue weighted by Gasteiger charge is -2.15. The zero-order valence-corrected chi connectivity index (χ0v) is 15.7. The van der Waals surface area contributed by atoms with E-state index in [1.165, 1.54) is 41.8 Å². The molecule has 0 bridgehead atoms. The third kappa shape index (κ3) is 2.91. The molecule has 0 radical (unpaired) electrons. The van der Waals surface area contributed by atoms with E-state index in [-0.39, 0.29) is 16.4 Å². The molecule has 0 fully saturated rings. The average Bonchev–Trinajstić information content (AvgIpc) is 2.71. The van der Waals surface area contributed by atoms with E-state index in [0.29, 0.717) is 39.9 Å². The molecule has 0 saturated heterocycles. The topological polar surface area (TPSA) is 76.4 Å². The van der Waals surface area contributed by atoms with Crippen LogP contribution in [0.3, 0.4) is 0 Å². The Morgan fingerprint density at radius 2 is 1.41 bits per heavy atom. The van der Waals surface area contributed by atoms with Crippen molar-refractivity contribution in [2.24, 2.45) is 0 Å². The first-order valence-electron chi connectivity index (χ1n) is 8.07. The third-order valence-corrected chi connectivity index (χ3v) is 4.27. The second kappa shape index (κ2) is 7.49. The monoisotopic (exact) mass is 372 g/mol. The fourth-order valence-corrected chi connectivity index (χ4v) is 3.02. The molecule has 3 aromatic rings. The van der Waals surface area contributed by atoms with Gasteiger partial charge < -0.3 is 28.1 Å². The predicted octanol–water partition coefficient (Wildman–Crippen LogP) is 3.50. The van der Waals surface area contributed by atoms with Crippen molar-refractivity contribution >= 4 is 11.0 Å². The van der Waals surface area contributed by atoms with Crippen molar-refractivity contribution in [3.63, 3.8) is 0 Å². The van der Waals surface area contributed by atoms with Crippen molar-refractivity contribution < 1.29 is 28.1 Å². The van der Waals surface area contributed by atoms with E-state index in [1.807, 2.05) is 0 Å². The van der Waals surface area contributed by atoms with Crippen molar-refractivity contribution in [2.45, 2.75) is 0 Å². The Bertz CT molecular complexity index is 1040. The van der Waals surface area contributed by atoms with Gasteiger partial charge in [0.25, 0.3) is 0 Å². The molecule has 1 aromatic heterocycles. The summed E-state index contributed by atoms with van der Waals surface area (Å²) in [7, 11) is 7.49. The molecule has 0 saturated carbocycles. The van der Waals surface area contributed by atoms with Crippen molar-refractivity contribution in [1.82, 2.24) is 0 Å². The Hall–Kier alpha value is -3.35. The summed E-state index contributed by atoms with van der Waals surface area (Å²) in [4.78, 5) is 13.3. The number of methoxy groups -OCH3 is 5. The van der Waals surface area contributed by atoms with Crippen molar-refractivity contribution in [3.8, 4) is 39.9 Å². The molecule has 0 aliphatic carbocycles. The fourth-order valence-electron chi connectivity index (χ4n) is 3.02. The van der Waals surface area contributed by atoms with E-state index >= 15 is 0 Å². The molecule has 2 aromatic carbocycles. The van der Waals surface area contributed by atoms with E-state index < -0.39 is 0 Å². The highest BCUT2D eigenvalue weighted by atomic mass is 16.5. The molecule has 0 aliphatic rings. The number of hydrogen-bond donors (Lipinski definition) is 0. The molecule has 0 atom stereocenters. The lowest BCUT2D eigenvalue weighted by atomic mass is 10.0. The lowest BCUT2D eigenvalue weighted by molar-refractivity contribution is 0.347. The highest BCUT2D eigenvalue weighted by Crippen LogP contribution is 2.42. The summed E-state index contributed by atoms with van der Waals surface area (Å²) in [6.45, 7) is 0. The van der Waals surface area contributed by atoms with Gasteiger partial charge in [0.1, 0.15) is 17.4 Å². The van der Waals surface area contributed by atoms with Gasteiger partial charge in [-0.15, -0.1) is 0 Å². The molecular formula is C20H20O7. The van der Waals surface area contributed by atoms with Gasteiger partial charge in [0.05, 0.1) is 41.1 Å². The van der Waals surface area contributed by atoms with Crippen LogP contribution in [0.2, 0.25) is 0 Å². The number of rotatable bonds is 6. The Kier molecular flexibility index (Phi) is 5.12. The molecule has 0 unspecified atom stereocenters. The third-order valence-electron chi connectivity index (χ3n) is 4.27. The zero-order valence-electron chi connectivity index (χ0n) is 15.7. The molecule has 27 heavy (non-hydrogen) atoms. The Labute approximate surface area is 156 Å². The van der Waals surface area contributed by atoms with Crippen molar-refractivity contribution in [2.75, 3.05) is 35.5 Å². The van der Waals surface area contributed by atoms with E-state index in [4.69, 9.17) is 28.1 Å². The summed E-state index contributed by atoms with van der Waals surface area (Å²) in [6, 6.07) is 6.86. The number of fused-ring (bicyclic) bond motifs is 1. The van der Waals surface area contributed by atoms with Gasteiger partial charge in [-0.2, -0.15) is 0 Å². The van der Waals surface area contributed by atoms with E-state index in [2.05, 4.69) is 0 Å². The lowest BCUT2D eigenvalue weighted by Crippen LogP contribution is -2.08. The molecule has 142 valence electrons. The van der Waals surface area contributed by atoms with Gasteiger partial charge in [0.2, 0.25) is 11.2 Å². The summed E-state index contributed by atoms with van der Waals surface area (Å²) in [6.07, 6.45) is 1.36. The van der Waals surface area contributed by atoms with Crippen molar-refractivity contribution in [3.05, 3.63) is 40.8 Å². The minimum absolute atomic E-state index is 0.240. The number of ether oxygens (including phenoxy) is 5. The second-order valence-electron chi connectivity index (χ2n) is 5.54. The summed E-state index contributed by atoms with van der Waals surface area (Å²) >= 11 is 0. The molecule has 0 amide bonds. The van der Waals surface area contributed by atoms with Crippen LogP contribution in [0.15, 0.2) is 39.7 Å². The maximum atomic E-state index is 13.3. The van der Waals surface area contributed by atoms with Crippen LogP contribution in [-0.2, 0) is 0 Å². The molecule has 3 rings (SSSR count). The minimum Gasteiger partial charge on any atom is -0.496 e. The van der Waals surface area contributed by atoms with Gasteiger partial charge in [-0.25, -0.2) is 0 Å². The van der Waals surface area contributed by atoms with Gasteiger partial charge in [-0.3, -0.25) is 4.79 Å². The van der Waals surface area contributed by atoms with Crippen molar-refractivity contribution in [1.29, 1.82) is 0 Å². The minimum atomic E-state index is -0.291. The normalized spacial score (nSPS) is 10.6. The van der Waals surface area contributed by atoms with Gasteiger partial charge in [0, 0.05) is 11.6 Å². The van der Waals surface area contributed by atoms with E-state index in [0.717, 1.165) is 0 Å². The molecule has 0 N–H and O–H groups in total. The van der Waals surface area contributed by atoms with Gasteiger partial charge >= 0.3 is 0 Å². The van der Waals surface area contributed by atoms with Crippen LogP contribution in [0.4, 0.5) is 0 Å². The molecule has 7 heteroatoms. The molecule has 7 nitrogen and oxygen atoms in total. The van der Waals surface area contributed by atoms with E-state index in [1.54, 1.807) is 24.3 Å². The summed E-state index contributed by atoms with van der Waals surface area (Å²) < 4.78 is 32.6. The van der Waals surface area contributed by atoms with Crippen LogP contribution in [0.5, 0.6) is 28.7 Å². The first-order chi connectivity index (χ1) is 13.1. The highest BCUT2D eigenvalue weighted by Gasteiger charge is 2.23. The fraction of sp³-hybridized carbons (Fsp3) is 0.250. The first kappa shape index (κ1) is 18.4. The smallest absolute Gasteiger partial charge is 0.204 e. The van der Waals surface area contributed by atoms with Crippen LogP contribution in [0.1, 0.15) is 0 Å².